The third-order valence-electron chi connectivity index (χ3n) is 5.23. The zero-order chi connectivity index (χ0) is 26.9. The van der Waals surface area contributed by atoms with E-state index in [2.05, 4.69) is 25.7 Å². The van der Waals surface area contributed by atoms with Gasteiger partial charge in [-0.1, -0.05) is 38.1 Å². The van der Waals surface area contributed by atoms with Gasteiger partial charge in [-0.25, -0.2) is 9.59 Å². The molecule has 0 amide bonds. The van der Waals surface area contributed by atoms with Crippen LogP contribution in [-0.2, 0) is 24.4 Å². The second-order valence-electron chi connectivity index (χ2n) is 8.17. The van der Waals surface area contributed by atoms with E-state index < -0.39 is 12.3 Å². The third kappa shape index (κ3) is 10.5. The molecular weight excluding hydrogens is 476 g/mol. The highest BCUT2D eigenvalue weighted by molar-refractivity contribution is 5.60. The topological polar surface area (TPSA) is 89.5 Å². The van der Waals surface area contributed by atoms with E-state index >= 15 is 0 Å². The summed E-state index contributed by atoms with van der Waals surface area (Å²) in [6.45, 7) is 5.04. The molecule has 0 heterocycles. The Kier molecular flexibility index (Phi) is 12.2. The molecule has 0 fully saturated rings. The van der Waals surface area contributed by atoms with Crippen LogP contribution in [0.1, 0.15) is 37.8 Å². The SMILES string of the molecule is C#CCCOC(=O)OCCOc1ccc(C(C)(C)c2ccc(OCCOC(=O)OCCC#C)cc2)cc1. The van der Waals surface area contributed by atoms with E-state index in [9.17, 15) is 9.59 Å². The zero-order valence-electron chi connectivity index (χ0n) is 21.2. The summed E-state index contributed by atoms with van der Waals surface area (Å²) >= 11 is 0. The van der Waals surface area contributed by atoms with Gasteiger partial charge < -0.3 is 28.4 Å². The number of benzene rings is 2. The molecule has 0 unspecified atom stereocenters. The number of carbonyl (C=O) groups is 2. The molecule has 0 bridgehead atoms. The van der Waals surface area contributed by atoms with Crippen LogP contribution in [-0.4, -0.2) is 52.0 Å². The quantitative estimate of drug-likeness (QED) is 0.197. The normalized spacial score (nSPS) is 10.4. The van der Waals surface area contributed by atoms with Crippen molar-refractivity contribution in [3.63, 3.8) is 0 Å². The monoisotopic (exact) mass is 508 g/mol. The third-order valence-corrected chi connectivity index (χ3v) is 5.23. The molecule has 196 valence electrons. The number of hydrogen-bond acceptors (Lipinski definition) is 8. The molecular formula is C29H32O8. The lowest BCUT2D eigenvalue weighted by Gasteiger charge is -2.26. The highest BCUT2D eigenvalue weighted by Gasteiger charge is 2.23. The fourth-order valence-electron chi connectivity index (χ4n) is 3.14. The number of terminal acetylenes is 2. The lowest BCUT2D eigenvalue weighted by Crippen LogP contribution is -2.19. The molecule has 8 nitrogen and oxygen atoms in total. The van der Waals surface area contributed by atoms with Crippen LogP contribution in [0.15, 0.2) is 48.5 Å². The summed E-state index contributed by atoms with van der Waals surface area (Å²) in [5, 5.41) is 0. The summed E-state index contributed by atoms with van der Waals surface area (Å²) < 4.78 is 30.7. The predicted molar refractivity (Wildman–Crippen MR) is 138 cm³/mol. The van der Waals surface area contributed by atoms with E-state index in [0.29, 0.717) is 24.3 Å². The fourth-order valence-corrected chi connectivity index (χ4v) is 3.14. The van der Waals surface area contributed by atoms with Crippen molar-refractivity contribution in [2.75, 3.05) is 39.6 Å². The maximum atomic E-state index is 11.4. The Morgan fingerprint density at radius 1 is 0.622 bits per heavy atom. The molecule has 2 aromatic carbocycles. The molecule has 2 aromatic rings. The first-order chi connectivity index (χ1) is 17.9. The van der Waals surface area contributed by atoms with Crippen molar-refractivity contribution in [2.45, 2.75) is 32.1 Å². The van der Waals surface area contributed by atoms with Crippen molar-refractivity contribution >= 4 is 12.3 Å². The molecule has 0 spiro atoms. The molecule has 2 rings (SSSR count). The standard InChI is InChI=1S/C29H32O8/c1-5-7-17-34-27(30)36-21-19-32-25-13-9-23(10-14-25)29(3,4)24-11-15-26(16-12-24)33-20-22-37-28(31)35-18-8-6-2/h1-2,9-16H,7-8,17-22H2,3-4H3. The van der Waals surface area contributed by atoms with Gasteiger partial charge in [0.1, 0.15) is 51.1 Å². The molecule has 0 saturated heterocycles. The molecule has 0 N–H and O–H groups in total. The van der Waals surface area contributed by atoms with Crippen LogP contribution in [0.4, 0.5) is 9.59 Å². The number of ether oxygens (including phenoxy) is 6. The second-order valence-corrected chi connectivity index (χ2v) is 8.17. The van der Waals surface area contributed by atoms with Gasteiger partial charge in [0, 0.05) is 18.3 Å². The van der Waals surface area contributed by atoms with E-state index in [1.165, 1.54) is 0 Å². The Morgan fingerprint density at radius 3 is 1.32 bits per heavy atom. The van der Waals surface area contributed by atoms with Crippen molar-refractivity contribution in [3.8, 4) is 36.2 Å². The molecule has 0 aliphatic rings. The lowest BCUT2D eigenvalue weighted by molar-refractivity contribution is 0.0468. The minimum atomic E-state index is -0.766. The van der Waals surface area contributed by atoms with Gasteiger partial charge in [0.25, 0.3) is 0 Å². The van der Waals surface area contributed by atoms with Crippen LogP contribution in [0, 0.1) is 24.7 Å². The predicted octanol–water partition coefficient (Wildman–Crippen LogP) is 5.12. The Hall–Kier alpha value is -4.30. The van der Waals surface area contributed by atoms with Crippen molar-refractivity contribution in [2.24, 2.45) is 0 Å². The summed E-state index contributed by atoms with van der Waals surface area (Å²) in [7, 11) is 0. The first-order valence-electron chi connectivity index (χ1n) is 11.8. The number of hydrogen-bond donors (Lipinski definition) is 0. The second kappa shape index (κ2) is 15.6. The summed E-state index contributed by atoms with van der Waals surface area (Å²) in [4.78, 5) is 22.7. The maximum absolute atomic E-state index is 11.4. The van der Waals surface area contributed by atoms with Crippen molar-refractivity contribution in [1.82, 2.24) is 0 Å². The lowest BCUT2D eigenvalue weighted by atomic mass is 9.78. The van der Waals surface area contributed by atoms with E-state index in [1.807, 2.05) is 48.5 Å². The first-order valence-corrected chi connectivity index (χ1v) is 11.8. The van der Waals surface area contributed by atoms with Gasteiger partial charge in [0.05, 0.1) is 0 Å². The van der Waals surface area contributed by atoms with Gasteiger partial charge >= 0.3 is 12.3 Å². The van der Waals surface area contributed by atoms with Crippen molar-refractivity contribution in [1.29, 1.82) is 0 Å². The Morgan fingerprint density at radius 2 is 0.973 bits per heavy atom. The van der Waals surface area contributed by atoms with Gasteiger partial charge in [-0.2, -0.15) is 0 Å². The van der Waals surface area contributed by atoms with Crippen LogP contribution < -0.4 is 9.47 Å². The van der Waals surface area contributed by atoms with E-state index in [-0.39, 0.29) is 45.1 Å². The first kappa shape index (κ1) is 28.9. The van der Waals surface area contributed by atoms with Gasteiger partial charge in [0.2, 0.25) is 0 Å². The van der Waals surface area contributed by atoms with Gasteiger partial charge in [-0.05, 0) is 35.4 Å². The summed E-state index contributed by atoms with van der Waals surface area (Å²) in [5.41, 5.74) is 1.92. The number of carbonyl (C=O) groups excluding carboxylic acids is 2. The maximum Gasteiger partial charge on any atom is 0.508 e. The van der Waals surface area contributed by atoms with E-state index in [4.69, 9.17) is 41.3 Å². The zero-order valence-corrected chi connectivity index (χ0v) is 21.2. The molecule has 37 heavy (non-hydrogen) atoms. The fraction of sp³-hybridized carbons (Fsp3) is 0.379. The Labute approximate surface area is 218 Å². The average molecular weight is 509 g/mol. The van der Waals surface area contributed by atoms with Crippen LogP contribution in [0.2, 0.25) is 0 Å². The molecule has 8 heteroatoms. The average Bonchev–Trinajstić information content (AvgIpc) is 2.90. The summed E-state index contributed by atoms with van der Waals surface area (Å²) in [6.07, 6.45) is 9.34. The van der Waals surface area contributed by atoms with Gasteiger partial charge in [0.15, 0.2) is 0 Å². The van der Waals surface area contributed by atoms with E-state index in [0.717, 1.165) is 11.1 Å². The molecule has 0 radical (unpaired) electrons. The van der Waals surface area contributed by atoms with Crippen molar-refractivity contribution in [3.05, 3.63) is 59.7 Å². The van der Waals surface area contributed by atoms with E-state index in [1.54, 1.807) is 0 Å². The summed E-state index contributed by atoms with van der Waals surface area (Å²) in [5.74, 6) is 6.07. The van der Waals surface area contributed by atoms with Crippen LogP contribution in [0.3, 0.4) is 0 Å². The highest BCUT2D eigenvalue weighted by Crippen LogP contribution is 2.33. The van der Waals surface area contributed by atoms with Gasteiger partial charge in [-0.15, -0.1) is 24.7 Å². The highest BCUT2D eigenvalue weighted by atomic mass is 16.7. The largest absolute Gasteiger partial charge is 0.508 e. The van der Waals surface area contributed by atoms with Crippen LogP contribution in [0.5, 0.6) is 11.5 Å². The van der Waals surface area contributed by atoms with Crippen LogP contribution >= 0.6 is 0 Å². The molecule has 0 aliphatic heterocycles. The Bertz CT molecular complexity index is 974. The minimum absolute atomic E-state index is 0.0687. The Balaban J connectivity index is 1.77. The van der Waals surface area contributed by atoms with Gasteiger partial charge in [-0.3, -0.25) is 0 Å². The molecule has 0 aromatic heterocycles. The smallest absolute Gasteiger partial charge is 0.490 e. The van der Waals surface area contributed by atoms with Crippen LogP contribution in [0.25, 0.3) is 0 Å². The molecule has 0 atom stereocenters. The summed E-state index contributed by atoms with van der Waals surface area (Å²) in [6, 6.07) is 15.5. The molecule has 0 saturated carbocycles. The van der Waals surface area contributed by atoms with Crippen molar-refractivity contribution < 1.29 is 38.0 Å². The number of rotatable bonds is 14. The minimum Gasteiger partial charge on any atom is -0.490 e. The molecule has 0 aliphatic carbocycles.